The molecule has 1 atom stereocenters. The normalized spacial score (nSPS) is 13.8. The molecule has 0 fully saturated rings. The second kappa shape index (κ2) is 7.58. The summed E-state index contributed by atoms with van der Waals surface area (Å²) in [4.78, 5) is 6.44. The van der Waals surface area contributed by atoms with Crippen LogP contribution in [0, 0.1) is 0 Å². The number of nitrogens with one attached hydrogen (secondary N) is 1. The molecular formula is C15H27N3O. The largest absolute Gasteiger partial charge is 0.390 e. The third-order valence-corrected chi connectivity index (χ3v) is 2.87. The maximum Gasteiger partial charge on any atom is 0.0791 e. The Bertz CT molecular complexity index is 348. The highest BCUT2D eigenvalue weighted by Gasteiger charge is 2.13. The van der Waals surface area contributed by atoms with Crippen LogP contribution in [0.1, 0.15) is 26.5 Å². The summed E-state index contributed by atoms with van der Waals surface area (Å²) in [5, 5.41) is 13.3. The molecule has 0 aromatic carbocycles. The molecule has 0 aliphatic rings. The van der Waals surface area contributed by atoms with E-state index in [1.165, 1.54) is 0 Å². The fraction of sp³-hybridized carbons (Fsp3) is 0.667. The second-order valence-electron chi connectivity index (χ2n) is 6.12. The maximum atomic E-state index is 9.96. The van der Waals surface area contributed by atoms with Crippen LogP contribution in [0.3, 0.4) is 0 Å². The lowest BCUT2D eigenvalue weighted by atomic mass is 10.1. The average molecular weight is 265 g/mol. The third-order valence-electron chi connectivity index (χ3n) is 2.87. The first-order chi connectivity index (χ1) is 8.87. The molecule has 4 heteroatoms. The number of hydrogen-bond acceptors (Lipinski definition) is 4. The number of nitrogens with zero attached hydrogens (tertiary/aromatic N) is 2. The first-order valence-electron chi connectivity index (χ1n) is 6.88. The van der Waals surface area contributed by atoms with E-state index in [2.05, 4.69) is 36.0 Å². The predicted molar refractivity (Wildman–Crippen MR) is 79.2 cm³/mol. The first kappa shape index (κ1) is 16.1. The van der Waals surface area contributed by atoms with Crippen LogP contribution in [0.4, 0.5) is 0 Å². The highest BCUT2D eigenvalue weighted by Crippen LogP contribution is 2.00. The Hall–Kier alpha value is -0.970. The zero-order chi connectivity index (χ0) is 14.3. The van der Waals surface area contributed by atoms with Gasteiger partial charge in [-0.15, -0.1) is 0 Å². The molecule has 0 spiro atoms. The minimum absolute atomic E-state index is 0.0491. The van der Waals surface area contributed by atoms with Crippen molar-refractivity contribution in [2.24, 2.45) is 0 Å². The molecule has 1 aromatic heterocycles. The van der Waals surface area contributed by atoms with Gasteiger partial charge in [-0.3, -0.25) is 4.98 Å². The molecule has 1 heterocycles. The highest BCUT2D eigenvalue weighted by molar-refractivity contribution is 5.03. The molecule has 0 amide bonds. The summed E-state index contributed by atoms with van der Waals surface area (Å²) < 4.78 is 0. The van der Waals surface area contributed by atoms with E-state index in [0.29, 0.717) is 13.1 Å². The molecule has 0 bridgehead atoms. The molecule has 0 radical (unpaired) electrons. The van der Waals surface area contributed by atoms with Gasteiger partial charge < -0.3 is 15.3 Å². The van der Waals surface area contributed by atoms with Crippen molar-refractivity contribution in [1.29, 1.82) is 0 Å². The van der Waals surface area contributed by atoms with Gasteiger partial charge in [0.2, 0.25) is 0 Å². The first-order valence-corrected chi connectivity index (χ1v) is 6.88. The van der Waals surface area contributed by atoms with Crippen LogP contribution in [0.5, 0.6) is 0 Å². The predicted octanol–water partition coefficient (Wildman–Crippen LogP) is 1.30. The minimum Gasteiger partial charge on any atom is -0.390 e. The van der Waals surface area contributed by atoms with E-state index in [1.54, 1.807) is 0 Å². The molecule has 1 aromatic rings. The topological polar surface area (TPSA) is 48.4 Å². The fourth-order valence-corrected chi connectivity index (χ4v) is 1.79. The van der Waals surface area contributed by atoms with Gasteiger partial charge in [-0.05, 0) is 40.0 Å². The summed E-state index contributed by atoms with van der Waals surface area (Å²) in [6, 6.07) is 5.96. The monoisotopic (exact) mass is 265 g/mol. The van der Waals surface area contributed by atoms with Crippen molar-refractivity contribution in [1.82, 2.24) is 15.2 Å². The van der Waals surface area contributed by atoms with E-state index < -0.39 is 0 Å². The van der Waals surface area contributed by atoms with Crippen LogP contribution in [0.15, 0.2) is 24.4 Å². The Morgan fingerprint density at radius 2 is 2.11 bits per heavy atom. The van der Waals surface area contributed by atoms with E-state index in [1.807, 2.05) is 31.4 Å². The van der Waals surface area contributed by atoms with E-state index in [0.717, 1.165) is 18.7 Å². The van der Waals surface area contributed by atoms with Gasteiger partial charge in [0.25, 0.3) is 0 Å². The molecule has 0 saturated carbocycles. The molecule has 1 rings (SSSR count). The van der Waals surface area contributed by atoms with Gasteiger partial charge >= 0.3 is 0 Å². The van der Waals surface area contributed by atoms with Crippen molar-refractivity contribution in [2.75, 3.05) is 26.7 Å². The SMILES string of the molecule is CN(CCc1ccccn1)CC(O)CNC(C)(C)C. The van der Waals surface area contributed by atoms with Crippen molar-refractivity contribution in [3.63, 3.8) is 0 Å². The number of β-amino-alcohol motifs (C(OH)–C–C–N with tert-alkyl or cyclic N) is 1. The Balaban J connectivity index is 2.21. The van der Waals surface area contributed by atoms with E-state index in [9.17, 15) is 5.11 Å². The van der Waals surface area contributed by atoms with Gasteiger partial charge in [-0.1, -0.05) is 6.07 Å². The number of rotatable bonds is 7. The maximum absolute atomic E-state index is 9.96. The van der Waals surface area contributed by atoms with Gasteiger partial charge in [0.15, 0.2) is 0 Å². The second-order valence-corrected chi connectivity index (χ2v) is 6.12. The van der Waals surface area contributed by atoms with Gasteiger partial charge in [-0.25, -0.2) is 0 Å². The lowest BCUT2D eigenvalue weighted by Gasteiger charge is -2.25. The van der Waals surface area contributed by atoms with E-state index in [-0.39, 0.29) is 11.6 Å². The van der Waals surface area contributed by atoms with Gasteiger partial charge in [0.05, 0.1) is 6.10 Å². The zero-order valence-electron chi connectivity index (χ0n) is 12.6. The van der Waals surface area contributed by atoms with Crippen molar-refractivity contribution >= 4 is 0 Å². The van der Waals surface area contributed by atoms with Crippen molar-refractivity contribution in [3.05, 3.63) is 30.1 Å². The number of aromatic nitrogens is 1. The summed E-state index contributed by atoms with van der Waals surface area (Å²) in [6.07, 6.45) is 2.39. The Labute approximate surface area is 116 Å². The summed E-state index contributed by atoms with van der Waals surface area (Å²) in [5.74, 6) is 0. The molecule has 19 heavy (non-hydrogen) atoms. The number of aliphatic hydroxyl groups excluding tert-OH is 1. The lowest BCUT2D eigenvalue weighted by Crippen LogP contribution is -2.44. The molecule has 0 aliphatic heterocycles. The standard InChI is InChI=1S/C15H27N3O/c1-15(2,3)17-11-14(19)12-18(4)10-8-13-7-5-6-9-16-13/h5-7,9,14,17,19H,8,10-12H2,1-4H3. The number of likely N-dealkylation sites (N-methyl/N-ethyl adjacent to an activating group) is 1. The van der Waals surface area contributed by atoms with Crippen molar-refractivity contribution in [2.45, 2.75) is 38.8 Å². The quantitative estimate of drug-likeness (QED) is 0.780. The minimum atomic E-state index is -0.340. The summed E-state index contributed by atoms with van der Waals surface area (Å²) in [6.45, 7) is 8.51. The van der Waals surface area contributed by atoms with Gasteiger partial charge in [0.1, 0.15) is 0 Å². The molecule has 1 unspecified atom stereocenters. The van der Waals surface area contributed by atoms with E-state index in [4.69, 9.17) is 0 Å². The zero-order valence-corrected chi connectivity index (χ0v) is 12.6. The van der Waals surface area contributed by atoms with Crippen molar-refractivity contribution < 1.29 is 5.11 Å². The molecular weight excluding hydrogens is 238 g/mol. The van der Waals surface area contributed by atoms with E-state index >= 15 is 0 Å². The van der Waals surface area contributed by atoms with Crippen molar-refractivity contribution in [3.8, 4) is 0 Å². The lowest BCUT2D eigenvalue weighted by molar-refractivity contribution is 0.117. The third kappa shape index (κ3) is 7.93. The van der Waals surface area contributed by atoms with Gasteiger partial charge in [0, 0.05) is 43.5 Å². The molecule has 108 valence electrons. The van der Waals surface area contributed by atoms with Crippen LogP contribution in [0.2, 0.25) is 0 Å². The van der Waals surface area contributed by atoms with Crippen LogP contribution >= 0.6 is 0 Å². The Morgan fingerprint density at radius 3 is 2.68 bits per heavy atom. The van der Waals surface area contributed by atoms with Crippen LogP contribution < -0.4 is 5.32 Å². The van der Waals surface area contributed by atoms with Gasteiger partial charge in [-0.2, -0.15) is 0 Å². The number of aliphatic hydroxyl groups is 1. The Morgan fingerprint density at radius 1 is 1.37 bits per heavy atom. The van der Waals surface area contributed by atoms with Crippen LogP contribution in [-0.4, -0.2) is 53.3 Å². The fourth-order valence-electron chi connectivity index (χ4n) is 1.79. The average Bonchev–Trinajstić information content (AvgIpc) is 2.34. The molecule has 0 aliphatic carbocycles. The summed E-state index contributed by atoms with van der Waals surface area (Å²) >= 11 is 0. The molecule has 0 saturated heterocycles. The highest BCUT2D eigenvalue weighted by atomic mass is 16.3. The van der Waals surface area contributed by atoms with Crippen LogP contribution in [-0.2, 0) is 6.42 Å². The molecule has 2 N–H and O–H groups in total. The summed E-state index contributed by atoms with van der Waals surface area (Å²) in [5.41, 5.74) is 1.14. The Kier molecular flexibility index (Phi) is 6.42. The number of hydrogen-bond donors (Lipinski definition) is 2. The number of pyridine rings is 1. The van der Waals surface area contributed by atoms with Crippen LogP contribution in [0.25, 0.3) is 0 Å². The molecule has 4 nitrogen and oxygen atoms in total. The smallest absolute Gasteiger partial charge is 0.0791 e. The summed E-state index contributed by atoms with van der Waals surface area (Å²) in [7, 11) is 2.03.